The predicted octanol–water partition coefficient (Wildman–Crippen LogP) is 2.25. The molecule has 0 aliphatic rings. The zero-order valence-corrected chi connectivity index (χ0v) is 11.0. The van der Waals surface area contributed by atoms with Gasteiger partial charge in [-0.15, -0.1) is 0 Å². The van der Waals surface area contributed by atoms with Crippen molar-refractivity contribution in [1.82, 2.24) is 5.43 Å². The summed E-state index contributed by atoms with van der Waals surface area (Å²) in [4.78, 5) is 0. The summed E-state index contributed by atoms with van der Waals surface area (Å²) in [7, 11) is 3.31. The highest BCUT2D eigenvalue weighted by Crippen LogP contribution is 2.32. The molecule has 0 aromatic heterocycles. The lowest BCUT2D eigenvalue weighted by Gasteiger charge is -2.21. The molecule has 17 heavy (non-hydrogen) atoms. The molecular formula is C13H22N2O2. The fourth-order valence-electron chi connectivity index (χ4n) is 1.87. The zero-order valence-electron chi connectivity index (χ0n) is 11.0. The number of nitrogens with one attached hydrogen (secondary N) is 1. The molecule has 96 valence electrons. The van der Waals surface area contributed by atoms with E-state index < -0.39 is 0 Å². The van der Waals surface area contributed by atoms with Crippen molar-refractivity contribution in [2.45, 2.75) is 26.3 Å². The van der Waals surface area contributed by atoms with Gasteiger partial charge in [-0.25, -0.2) is 0 Å². The Morgan fingerprint density at radius 2 is 1.94 bits per heavy atom. The van der Waals surface area contributed by atoms with Crippen molar-refractivity contribution in [3.8, 4) is 11.5 Å². The third kappa shape index (κ3) is 3.61. The minimum Gasteiger partial charge on any atom is -0.497 e. The summed E-state index contributed by atoms with van der Waals surface area (Å²) in [5, 5.41) is 0. The van der Waals surface area contributed by atoms with Crippen molar-refractivity contribution in [2.24, 2.45) is 11.8 Å². The molecule has 1 aromatic carbocycles. The summed E-state index contributed by atoms with van der Waals surface area (Å²) in [6, 6.07) is 5.82. The Bertz CT molecular complexity index is 353. The molecule has 0 amide bonds. The SMILES string of the molecule is COc1ccc(OC)c(C(CC(C)C)NN)c1. The van der Waals surface area contributed by atoms with Crippen LogP contribution in [-0.2, 0) is 0 Å². The lowest BCUT2D eigenvalue weighted by Crippen LogP contribution is -2.29. The van der Waals surface area contributed by atoms with E-state index in [-0.39, 0.29) is 6.04 Å². The summed E-state index contributed by atoms with van der Waals surface area (Å²) in [6.07, 6.45) is 0.944. The molecule has 0 aliphatic carbocycles. The maximum Gasteiger partial charge on any atom is 0.123 e. The summed E-state index contributed by atoms with van der Waals surface area (Å²) in [6.45, 7) is 4.33. The van der Waals surface area contributed by atoms with Crippen LogP contribution in [0, 0.1) is 5.92 Å². The van der Waals surface area contributed by atoms with E-state index in [1.165, 1.54) is 0 Å². The van der Waals surface area contributed by atoms with Gasteiger partial charge in [0.2, 0.25) is 0 Å². The van der Waals surface area contributed by atoms with Crippen LogP contribution in [0.1, 0.15) is 31.9 Å². The molecule has 0 bridgehead atoms. The van der Waals surface area contributed by atoms with Crippen molar-refractivity contribution >= 4 is 0 Å². The Labute approximate surface area is 103 Å². The highest BCUT2D eigenvalue weighted by Gasteiger charge is 2.17. The summed E-state index contributed by atoms with van der Waals surface area (Å²) < 4.78 is 10.6. The van der Waals surface area contributed by atoms with Crippen molar-refractivity contribution in [3.05, 3.63) is 23.8 Å². The lowest BCUT2D eigenvalue weighted by molar-refractivity contribution is 0.376. The van der Waals surface area contributed by atoms with Gasteiger partial charge in [-0.3, -0.25) is 11.3 Å². The second-order valence-electron chi connectivity index (χ2n) is 4.46. The van der Waals surface area contributed by atoms with Gasteiger partial charge in [-0.05, 0) is 30.5 Å². The molecule has 0 saturated heterocycles. The van der Waals surface area contributed by atoms with Crippen LogP contribution in [0.15, 0.2) is 18.2 Å². The van der Waals surface area contributed by atoms with E-state index in [2.05, 4.69) is 19.3 Å². The Morgan fingerprint density at radius 1 is 1.24 bits per heavy atom. The highest BCUT2D eigenvalue weighted by atomic mass is 16.5. The van der Waals surface area contributed by atoms with E-state index >= 15 is 0 Å². The lowest BCUT2D eigenvalue weighted by atomic mass is 9.96. The van der Waals surface area contributed by atoms with Crippen LogP contribution < -0.4 is 20.7 Å². The van der Waals surface area contributed by atoms with Gasteiger partial charge in [-0.2, -0.15) is 0 Å². The fraction of sp³-hybridized carbons (Fsp3) is 0.538. The van der Waals surface area contributed by atoms with Crippen LogP contribution in [0.5, 0.6) is 11.5 Å². The molecule has 0 spiro atoms. The second kappa shape index (κ2) is 6.47. The van der Waals surface area contributed by atoms with E-state index in [1.807, 2.05) is 18.2 Å². The molecule has 1 unspecified atom stereocenters. The quantitative estimate of drug-likeness (QED) is 0.589. The minimum atomic E-state index is 0.0695. The third-order valence-electron chi connectivity index (χ3n) is 2.72. The number of nitrogens with two attached hydrogens (primary N) is 1. The zero-order chi connectivity index (χ0) is 12.8. The van der Waals surface area contributed by atoms with E-state index in [1.54, 1.807) is 14.2 Å². The average molecular weight is 238 g/mol. The van der Waals surface area contributed by atoms with Gasteiger partial charge >= 0.3 is 0 Å². The number of methoxy groups -OCH3 is 2. The number of rotatable bonds is 6. The van der Waals surface area contributed by atoms with Crippen molar-refractivity contribution in [1.29, 1.82) is 0 Å². The first-order valence-corrected chi connectivity index (χ1v) is 5.80. The maximum absolute atomic E-state index is 5.62. The van der Waals surface area contributed by atoms with Gasteiger partial charge in [0.25, 0.3) is 0 Å². The first-order valence-electron chi connectivity index (χ1n) is 5.80. The van der Waals surface area contributed by atoms with E-state index in [0.717, 1.165) is 23.5 Å². The fourth-order valence-corrected chi connectivity index (χ4v) is 1.87. The van der Waals surface area contributed by atoms with Crippen LogP contribution >= 0.6 is 0 Å². The maximum atomic E-state index is 5.62. The molecule has 0 saturated carbocycles. The Morgan fingerprint density at radius 3 is 2.41 bits per heavy atom. The van der Waals surface area contributed by atoms with Crippen molar-refractivity contribution in [3.63, 3.8) is 0 Å². The summed E-state index contributed by atoms with van der Waals surface area (Å²) in [5.74, 6) is 7.81. The van der Waals surface area contributed by atoms with Gasteiger partial charge < -0.3 is 9.47 Å². The van der Waals surface area contributed by atoms with Gasteiger partial charge in [0, 0.05) is 11.6 Å². The molecule has 3 N–H and O–H groups in total. The molecule has 0 fully saturated rings. The van der Waals surface area contributed by atoms with Gasteiger partial charge in [-0.1, -0.05) is 13.8 Å². The molecule has 0 aliphatic heterocycles. The van der Waals surface area contributed by atoms with Gasteiger partial charge in [0.05, 0.1) is 14.2 Å². The van der Waals surface area contributed by atoms with E-state index in [9.17, 15) is 0 Å². The standard InChI is InChI=1S/C13H22N2O2/c1-9(2)7-12(15-14)11-8-10(16-3)5-6-13(11)17-4/h5-6,8-9,12,15H,7,14H2,1-4H3. The first-order chi connectivity index (χ1) is 8.12. The number of ether oxygens (including phenoxy) is 2. The number of hydrogen-bond acceptors (Lipinski definition) is 4. The van der Waals surface area contributed by atoms with Crippen LogP contribution in [0.2, 0.25) is 0 Å². The van der Waals surface area contributed by atoms with Crippen molar-refractivity contribution < 1.29 is 9.47 Å². The van der Waals surface area contributed by atoms with Crippen LogP contribution in [0.25, 0.3) is 0 Å². The smallest absolute Gasteiger partial charge is 0.123 e. The number of benzene rings is 1. The van der Waals surface area contributed by atoms with Crippen LogP contribution in [0.4, 0.5) is 0 Å². The number of hydrazine groups is 1. The normalized spacial score (nSPS) is 12.6. The molecule has 0 radical (unpaired) electrons. The third-order valence-corrected chi connectivity index (χ3v) is 2.72. The molecule has 4 nitrogen and oxygen atoms in total. The minimum absolute atomic E-state index is 0.0695. The number of hydrogen-bond donors (Lipinski definition) is 2. The Kier molecular flexibility index (Phi) is 5.25. The monoisotopic (exact) mass is 238 g/mol. The van der Waals surface area contributed by atoms with Crippen molar-refractivity contribution in [2.75, 3.05) is 14.2 Å². The van der Waals surface area contributed by atoms with Crippen LogP contribution in [-0.4, -0.2) is 14.2 Å². The van der Waals surface area contributed by atoms with Gasteiger partial charge in [0.15, 0.2) is 0 Å². The first kappa shape index (κ1) is 13.8. The predicted molar refractivity (Wildman–Crippen MR) is 69.1 cm³/mol. The Hall–Kier alpha value is -1.26. The molecule has 4 heteroatoms. The molecule has 1 aromatic rings. The largest absolute Gasteiger partial charge is 0.497 e. The van der Waals surface area contributed by atoms with Gasteiger partial charge in [0.1, 0.15) is 11.5 Å². The second-order valence-corrected chi connectivity index (χ2v) is 4.46. The summed E-state index contributed by atoms with van der Waals surface area (Å²) in [5.41, 5.74) is 3.87. The van der Waals surface area contributed by atoms with E-state index in [4.69, 9.17) is 15.3 Å². The molecule has 1 rings (SSSR count). The molecule has 1 atom stereocenters. The Balaban J connectivity index is 3.05. The highest BCUT2D eigenvalue weighted by molar-refractivity contribution is 5.42. The molecular weight excluding hydrogens is 216 g/mol. The molecule has 0 heterocycles. The van der Waals surface area contributed by atoms with E-state index in [0.29, 0.717) is 5.92 Å². The topological polar surface area (TPSA) is 56.5 Å². The summed E-state index contributed by atoms with van der Waals surface area (Å²) >= 11 is 0. The average Bonchev–Trinajstić information content (AvgIpc) is 2.34. The van der Waals surface area contributed by atoms with Crippen LogP contribution in [0.3, 0.4) is 0 Å².